The summed E-state index contributed by atoms with van der Waals surface area (Å²) in [5.41, 5.74) is 3.33. The van der Waals surface area contributed by atoms with Crippen molar-refractivity contribution in [3.63, 3.8) is 0 Å². The standard InChI is InChI=1S/C22H20ClN7/c23-16-6-8-17(9-7-16)26-21-19-20(25-11-10-24-19)27-22(28-21)30-14-12-29(13-15-30)18-4-2-1-3-5-18/h1-11H,12-15H2,(H,25,26,27,28). The normalized spacial score (nSPS) is 14.2. The number of nitrogens with zero attached hydrogens (tertiary/aromatic N) is 6. The third-order valence-electron chi connectivity index (χ3n) is 5.11. The van der Waals surface area contributed by atoms with Gasteiger partial charge in [0.05, 0.1) is 0 Å². The van der Waals surface area contributed by atoms with E-state index in [0.717, 1.165) is 31.9 Å². The second-order valence-electron chi connectivity index (χ2n) is 7.04. The first-order chi connectivity index (χ1) is 14.8. The van der Waals surface area contributed by atoms with Crippen LogP contribution in [0.5, 0.6) is 0 Å². The Morgan fingerprint density at radius 1 is 0.767 bits per heavy atom. The Bertz CT molecular complexity index is 1140. The topological polar surface area (TPSA) is 70.1 Å². The van der Waals surface area contributed by atoms with Crippen molar-refractivity contribution in [1.82, 2.24) is 19.9 Å². The van der Waals surface area contributed by atoms with E-state index in [0.29, 0.717) is 28.0 Å². The fraction of sp³-hybridized carbons (Fsp3) is 0.182. The summed E-state index contributed by atoms with van der Waals surface area (Å²) in [5.74, 6) is 1.29. The molecule has 0 bridgehead atoms. The molecule has 2 aromatic heterocycles. The van der Waals surface area contributed by atoms with Gasteiger partial charge >= 0.3 is 0 Å². The van der Waals surface area contributed by atoms with Gasteiger partial charge in [-0.05, 0) is 36.4 Å². The number of hydrogen-bond donors (Lipinski definition) is 1. The average molecular weight is 418 g/mol. The van der Waals surface area contributed by atoms with Gasteiger partial charge in [0.15, 0.2) is 17.0 Å². The molecule has 0 amide bonds. The van der Waals surface area contributed by atoms with Crippen molar-refractivity contribution in [3.05, 3.63) is 72.0 Å². The third kappa shape index (κ3) is 3.84. The smallest absolute Gasteiger partial charge is 0.229 e. The van der Waals surface area contributed by atoms with Crippen molar-refractivity contribution in [2.45, 2.75) is 0 Å². The molecular formula is C22H20ClN7. The zero-order valence-electron chi connectivity index (χ0n) is 16.2. The van der Waals surface area contributed by atoms with E-state index in [4.69, 9.17) is 16.6 Å². The van der Waals surface area contributed by atoms with Gasteiger partial charge in [0, 0.05) is 55.0 Å². The number of para-hydroxylation sites is 1. The molecule has 1 saturated heterocycles. The second-order valence-corrected chi connectivity index (χ2v) is 7.48. The molecule has 7 nitrogen and oxygen atoms in total. The van der Waals surface area contributed by atoms with Crippen LogP contribution in [0.3, 0.4) is 0 Å². The molecule has 0 saturated carbocycles. The van der Waals surface area contributed by atoms with Gasteiger partial charge in [0.2, 0.25) is 5.95 Å². The van der Waals surface area contributed by atoms with E-state index in [1.54, 1.807) is 12.4 Å². The van der Waals surface area contributed by atoms with Gasteiger partial charge in [0.1, 0.15) is 0 Å². The highest BCUT2D eigenvalue weighted by Gasteiger charge is 2.21. The number of rotatable bonds is 4. The lowest BCUT2D eigenvalue weighted by atomic mass is 10.2. The zero-order chi connectivity index (χ0) is 20.3. The van der Waals surface area contributed by atoms with Crippen LogP contribution in [0.2, 0.25) is 5.02 Å². The predicted octanol–water partition coefficient (Wildman–Crippen LogP) is 4.14. The van der Waals surface area contributed by atoms with Crippen LogP contribution in [-0.4, -0.2) is 46.1 Å². The summed E-state index contributed by atoms with van der Waals surface area (Å²) in [6, 6.07) is 18.0. The first-order valence-corrected chi connectivity index (χ1v) is 10.2. The largest absolute Gasteiger partial charge is 0.368 e. The lowest BCUT2D eigenvalue weighted by Crippen LogP contribution is -2.47. The average Bonchev–Trinajstić information content (AvgIpc) is 2.81. The van der Waals surface area contributed by atoms with Gasteiger partial charge < -0.3 is 15.1 Å². The summed E-state index contributed by atoms with van der Waals surface area (Å²) in [5, 5.41) is 4.02. The lowest BCUT2D eigenvalue weighted by molar-refractivity contribution is 0.641. The van der Waals surface area contributed by atoms with Crippen LogP contribution < -0.4 is 15.1 Å². The van der Waals surface area contributed by atoms with Crippen molar-refractivity contribution in [2.24, 2.45) is 0 Å². The minimum atomic E-state index is 0.574. The zero-order valence-corrected chi connectivity index (χ0v) is 17.0. The number of piperazine rings is 1. The first-order valence-electron chi connectivity index (χ1n) is 9.82. The van der Waals surface area contributed by atoms with E-state index in [-0.39, 0.29) is 0 Å². The van der Waals surface area contributed by atoms with E-state index in [1.807, 2.05) is 30.3 Å². The molecule has 0 atom stereocenters. The van der Waals surface area contributed by atoms with Crippen LogP contribution in [0.1, 0.15) is 0 Å². The Kier molecular flexibility index (Phi) is 5.03. The molecule has 1 aliphatic heterocycles. The van der Waals surface area contributed by atoms with E-state index in [2.05, 4.69) is 54.3 Å². The van der Waals surface area contributed by atoms with E-state index < -0.39 is 0 Å². The minimum absolute atomic E-state index is 0.574. The van der Waals surface area contributed by atoms with Crippen LogP contribution in [0.25, 0.3) is 11.2 Å². The Balaban J connectivity index is 1.41. The molecule has 0 unspecified atom stereocenters. The molecule has 0 aliphatic carbocycles. The van der Waals surface area contributed by atoms with Crippen molar-refractivity contribution in [2.75, 3.05) is 41.3 Å². The SMILES string of the molecule is Clc1ccc(Nc2nc(N3CCN(c4ccccc4)CC3)nc3nccnc23)cc1. The highest BCUT2D eigenvalue weighted by atomic mass is 35.5. The molecule has 0 spiro atoms. The number of halogens is 1. The molecule has 30 heavy (non-hydrogen) atoms. The number of benzene rings is 2. The highest BCUT2D eigenvalue weighted by Crippen LogP contribution is 2.26. The summed E-state index contributed by atoms with van der Waals surface area (Å²) >= 11 is 6.01. The van der Waals surface area contributed by atoms with Gasteiger partial charge in [-0.2, -0.15) is 9.97 Å². The number of hydrogen-bond acceptors (Lipinski definition) is 7. The molecule has 150 valence electrons. The van der Waals surface area contributed by atoms with Crippen molar-refractivity contribution in [3.8, 4) is 0 Å². The molecule has 1 fully saturated rings. The first kappa shape index (κ1) is 18.6. The summed E-state index contributed by atoms with van der Waals surface area (Å²) < 4.78 is 0. The maximum Gasteiger partial charge on any atom is 0.229 e. The summed E-state index contributed by atoms with van der Waals surface area (Å²) in [7, 11) is 0. The molecule has 2 aromatic carbocycles. The van der Waals surface area contributed by atoms with Gasteiger partial charge in [-0.1, -0.05) is 29.8 Å². The maximum atomic E-state index is 6.01. The summed E-state index contributed by atoms with van der Waals surface area (Å²) in [6.45, 7) is 3.49. The Morgan fingerprint density at radius 3 is 2.23 bits per heavy atom. The summed E-state index contributed by atoms with van der Waals surface area (Å²) in [6.07, 6.45) is 3.30. The maximum absolute atomic E-state index is 6.01. The quantitative estimate of drug-likeness (QED) is 0.535. The fourth-order valence-electron chi connectivity index (χ4n) is 3.55. The number of anilines is 4. The van der Waals surface area contributed by atoms with Crippen LogP contribution in [0.15, 0.2) is 67.0 Å². The lowest BCUT2D eigenvalue weighted by Gasteiger charge is -2.36. The van der Waals surface area contributed by atoms with Crippen molar-refractivity contribution in [1.29, 1.82) is 0 Å². The van der Waals surface area contributed by atoms with Crippen LogP contribution >= 0.6 is 11.6 Å². The Morgan fingerprint density at radius 2 is 1.47 bits per heavy atom. The predicted molar refractivity (Wildman–Crippen MR) is 121 cm³/mol. The van der Waals surface area contributed by atoms with Gasteiger partial charge in [0.25, 0.3) is 0 Å². The fourth-order valence-corrected chi connectivity index (χ4v) is 3.68. The van der Waals surface area contributed by atoms with Crippen molar-refractivity contribution < 1.29 is 0 Å². The highest BCUT2D eigenvalue weighted by molar-refractivity contribution is 6.30. The molecule has 4 aromatic rings. The van der Waals surface area contributed by atoms with Crippen LogP contribution in [0.4, 0.5) is 23.1 Å². The molecular weight excluding hydrogens is 398 g/mol. The Labute approximate surface area is 179 Å². The van der Waals surface area contributed by atoms with Gasteiger partial charge in [-0.25, -0.2) is 9.97 Å². The van der Waals surface area contributed by atoms with Crippen LogP contribution in [0, 0.1) is 0 Å². The van der Waals surface area contributed by atoms with Gasteiger partial charge in [-0.3, -0.25) is 0 Å². The van der Waals surface area contributed by atoms with E-state index in [9.17, 15) is 0 Å². The number of aromatic nitrogens is 4. The van der Waals surface area contributed by atoms with E-state index >= 15 is 0 Å². The van der Waals surface area contributed by atoms with Crippen molar-refractivity contribution >= 4 is 45.9 Å². The number of nitrogens with one attached hydrogen (secondary N) is 1. The monoisotopic (exact) mass is 417 g/mol. The Hall–Kier alpha value is -3.45. The van der Waals surface area contributed by atoms with Crippen LogP contribution in [-0.2, 0) is 0 Å². The molecule has 3 heterocycles. The van der Waals surface area contributed by atoms with Gasteiger partial charge in [-0.15, -0.1) is 0 Å². The second kappa shape index (κ2) is 8.12. The third-order valence-corrected chi connectivity index (χ3v) is 5.36. The molecule has 1 N–H and O–H groups in total. The summed E-state index contributed by atoms with van der Waals surface area (Å²) in [4.78, 5) is 22.9. The molecule has 0 radical (unpaired) electrons. The molecule has 5 rings (SSSR count). The number of fused-ring (bicyclic) bond motifs is 1. The molecule has 1 aliphatic rings. The minimum Gasteiger partial charge on any atom is -0.368 e. The van der Waals surface area contributed by atoms with E-state index in [1.165, 1.54) is 5.69 Å². The molecule has 8 heteroatoms.